The van der Waals surface area contributed by atoms with Crippen molar-refractivity contribution in [3.63, 3.8) is 0 Å². The summed E-state index contributed by atoms with van der Waals surface area (Å²) in [5.74, 6) is 0.635. The van der Waals surface area contributed by atoms with Crippen LogP contribution in [0.15, 0.2) is 54.7 Å². The van der Waals surface area contributed by atoms with Crippen molar-refractivity contribution >= 4 is 11.1 Å². The highest BCUT2D eigenvalue weighted by Gasteiger charge is 2.43. The third kappa shape index (κ3) is 2.73. The van der Waals surface area contributed by atoms with Crippen molar-refractivity contribution < 1.29 is 0 Å². The van der Waals surface area contributed by atoms with Gasteiger partial charge in [-0.15, -0.1) is 0 Å². The molecule has 24 heavy (non-hydrogen) atoms. The van der Waals surface area contributed by atoms with E-state index >= 15 is 0 Å². The summed E-state index contributed by atoms with van der Waals surface area (Å²) in [6, 6.07) is 6.95. The molecule has 0 heterocycles. The average molecular weight is 319 g/mol. The van der Waals surface area contributed by atoms with Crippen LogP contribution in [-0.2, 0) is 5.41 Å². The van der Waals surface area contributed by atoms with E-state index in [0.29, 0.717) is 5.92 Å². The summed E-state index contributed by atoms with van der Waals surface area (Å²) in [6.07, 6.45) is 18.6. The Morgan fingerprint density at radius 2 is 1.79 bits per heavy atom. The molecule has 0 fully saturated rings. The molecule has 4 rings (SSSR count). The highest BCUT2D eigenvalue weighted by atomic mass is 14.5. The number of hydrogen-bond acceptors (Lipinski definition) is 0. The van der Waals surface area contributed by atoms with E-state index in [4.69, 9.17) is 0 Å². The average Bonchev–Trinajstić information content (AvgIpc) is 2.82. The van der Waals surface area contributed by atoms with Crippen molar-refractivity contribution in [2.24, 2.45) is 5.92 Å². The third-order valence-corrected chi connectivity index (χ3v) is 5.67. The maximum absolute atomic E-state index is 2.42. The SMILES string of the molecule is CC.CC1(C)c2cccc(C3=CC=CCCC3)c2C2=CC=CCC21. The number of allylic oxidation sites excluding steroid dienone is 8. The van der Waals surface area contributed by atoms with E-state index in [1.165, 1.54) is 42.4 Å². The molecule has 1 unspecified atom stereocenters. The first-order chi connectivity index (χ1) is 11.7. The molecule has 0 amide bonds. The smallest absolute Gasteiger partial charge is 0.00255 e. The maximum atomic E-state index is 2.42. The lowest BCUT2D eigenvalue weighted by Gasteiger charge is -2.29. The lowest BCUT2D eigenvalue weighted by atomic mass is 9.75. The Morgan fingerprint density at radius 1 is 1.00 bits per heavy atom. The summed E-state index contributed by atoms with van der Waals surface area (Å²) >= 11 is 0. The van der Waals surface area contributed by atoms with Gasteiger partial charge in [-0.2, -0.15) is 0 Å². The minimum Gasteiger partial charge on any atom is -0.0845 e. The third-order valence-electron chi connectivity index (χ3n) is 5.67. The Kier molecular flexibility index (Phi) is 4.94. The van der Waals surface area contributed by atoms with E-state index < -0.39 is 0 Å². The van der Waals surface area contributed by atoms with Gasteiger partial charge in [-0.25, -0.2) is 0 Å². The van der Waals surface area contributed by atoms with Gasteiger partial charge in [0.1, 0.15) is 0 Å². The van der Waals surface area contributed by atoms with E-state index in [-0.39, 0.29) is 5.41 Å². The topological polar surface area (TPSA) is 0 Å². The van der Waals surface area contributed by atoms with Crippen molar-refractivity contribution in [3.05, 3.63) is 71.3 Å². The molecular weight excluding hydrogens is 288 g/mol. The van der Waals surface area contributed by atoms with Crippen molar-refractivity contribution in [3.8, 4) is 0 Å². The second kappa shape index (κ2) is 6.97. The Labute approximate surface area is 147 Å². The van der Waals surface area contributed by atoms with Crippen LogP contribution in [0.1, 0.15) is 70.1 Å². The highest BCUT2D eigenvalue weighted by Crippen LogP contribution is 2.54. The van der Waals surface area contributed by atoms with Gasteiger partial charge >= 0.3 is 0 Å². The predicted molar refractivity (Wildman–Crippen MR) is 107 cm³/mol. The fourth-order valence-electron chi connectivity index (χ4n) is 4.42. The lowest BCUT2D eigenvalue weighted by molar-refractivity contribution is 0.414. The van der Waals surface area contributed by atoms with Crippen LogP contribution in [0.3, 0.4) is 0 Å². The van der Waals surface area contributed by atoms with Gasteiger partial charge in [0, 0.05) is 0 Å². The van der Waals surface area contributed by atoms with E-state index in [2.05, 4.69) is 68.5 Å². The van der Waals surface area contributed by atoms with Gasteiger partial charge in [-0.05, 0) is 64.9 Å². The Morgan fingerprint density at radius 3 is 2.62 bits per heavy atom. The fourth-order valence-corrected chi connectivity index (χ4v) is 4.42. The van der Waals surface area contributed by atoms with Crippen LogP contribution in [0.2, 0.25) is 0 Å². The molecule has 0 heteroatoms. The molecule has 0 nitrogen and oxygen atoms in total. The van der Waals surface area contributed by atoms with Crippen LogP contribution in [0, 0.1) is 5.92 Å². The van der Waals surface area contributed by atoms with Gasteiger partial charge in [0.05, 0.1) is 0 Å². The van der Waals surface area contributed by atoms with Crippen molar-refractivity contribution in [2.45, 2.75) is 58.8 Å². The molecule has 0 aliphatic heterocycles. The molecule has 1 aromatic carbocycles. The molecule has 126 valence electrons. The van der Waals surface area contributed by atoms with E-state index in [1.54, 1.807) is 11.1 Å². The second-order valence-electron chi connectivity index (χ2n) is 7.30. The molecule has 1 aromatic rings. The number of hydrogen-bond donors (Lipinski definition) is 0. The first-order valence-corrected chi connectivity index (χ1v) is 9.56. The van der Waals surface area contributed by atoms with Crippen LogP contribution in [-0.4, -0.2) is 0 Å². The molecule has 3 aliphatic rings. The molecule has 0 saturated carbocycles. The van der Waals surface area contributed by atoms with Crippen LogP contribution >= 0.6 is 0 Å². The standard InChI is InChI=1S/C22H24.C2H6/c1-22(2)19-14-8-7-12-18(19)21-17(13-9-15-20(21)22)16-10-5-3-4-6-11-16;1-2/h3,5,7-10,12-13,15,19H,4,6,11,14H2,1-2H3;1-2H3. The summed E-state index contributed by atoms with van der Waals surface area (Å²) in [6.45, 7) is 8.84. The van der Waals surface area contributed by atoms with Gasteiger partial charge in [0.2, 0.25) is 0 Å². The lowest BCUT2D eigenvalue weighted by Crippen LogP contribution is -2.23. The largest absolute Gasteiger partial charge is 0.0845 e. The molecule has 3 aliphatic carbocycles. The maximum Gasteiger partial charge on any atom is -0.00255 e. The second-order valence-corrected chi connectivity index (χ2v) is 7.30. The molecule has 0 radical (unpaired) electrons. The molecular formula is C24H30. The predicted octanol–water partition coefficient (Wildman–Crippen LogP) is 7.09. The zero-order valence-electron chi connectivity index (χ0n) is 15.6. The fraction of sp³-hybridized carbons (Fsp3) is 0.417. The van der Waals surface area contributed by atoms with Crippen molar-refractivity contribution in [1.29, 1.82) is 0 Å². The van der Waals surface area contributed by atoms with Gasteiger partial charge in [-0.1, -0.05) is 82.4 Å². The molecule has 0 N–H and O–H groups in total. The first kappa shape index (κ1) is 17.0. The van der Waals surface area contributed by atoms with Gasteiger partial charge in [0.15, 0.2) is 0 Å². The number of fused-ring (bicyclic) bond motifs is 3. The van der Waals surface area contributed by atoms with E-state index in [9.17, 15) is 0 Å². The number of rotatable bonds is 1. The normalized spacial score (nSPS) is 23.2. The van der Waals surface area contributed by atoms with Crippen LogP contribution in [0.25, 0.3) is 11.1 Å². The molecule has 1 atom stereocenters. The highest BCUT2D eigenvalue weighted by molar-refractivity contribution is 5.88. The van der Waals surface area contributed by atoms with Crippen LogP contribution < -0.4 is 0 Å². The summed E-state index contributed by atoms with van der Waals surface area (Å²) in [7, 11) is 0. The monoisotopic (exact) mass is 318 g/mol. The molecule has 0 aromatic heterocycles. The number of benzene rings is 1. The Balaban J connectivity index is 0.000000815. The van der Waals surface area contributed by atoms with E-state index in [1.807, 2.05) is 13.8 Å². The summed E-state index contributed by atoms with van der Waals surface area (Å²) in [5.41, 5.74) is 7.86. The van der Waals surface area contributed by atoms with Crippen molar-refractivity contribution in [2.75, 3.05) is 0 Å². The zero-order valence-corrected chi connectivity index (χ0v) is 15.6. The quantitative estimate of drug-likeness (QED) is 0.518. The minimum absolute atomic E-state index is 0.239. The zero-order chi connectivity index (χ0) is 17.2. The van der Waals surface area contributed by atoms with Gasteiger partial charge < -0.3 is 0 Å². The first-order valence-electron chi connectivity index (χ1n) is 9.56. The molecule has 0 saturated heterocycles. The Bertz CT molecular complexity index is 722. The molecule has 0 bridgehead atoms. The molecule has 0 spiro atoms. The van der Waals surface area contributed by atoms with Crippen molar-refractivity contribution in [1.82, 2.24) is 0 Å². The summed E-state index contributed by atoms with van der Waals surface area (Å²) in [4.78, 5) is 0. The minimum atomic E-state index is 0.239. The Hall–Kier alpha value is -1.82. The van der Waals surface area contributed by atoms with Crippen LogP contribution in [0.5, 0.6) is 0 Å². The van der Waals surface area contributed by atoms with Crippen LogP contribution in [0.4, 0.5) is 0 Å². The van der Waals surface area contributed by atoms with Gasteiger partial charge in [0.25, 0.3) is 0 Å². The van der Waals surface area contributed by atoms with E-state index in [0.717, 1.165) is 0 Å². The van der Waals surface area contributed by atoms with Gasteiger partial charge in [-0.3, -0.25) is 0 Å². The summed E-state index contributed by atoms with van der Waals surface area (Å²) < 4.78 is 0. The summed E-state index contributed by atoms with van der Waals surface area (Å²) in [5, 5.41) is 0.